The minimum atomic E-state index is -0.407. The first-order chi connectivity index (χ1) is 8.57. The van der Waals surface area contributed by atoms with Gasteiger partial charge in [-0.2, -0.15) is 5.26 Å². The van der Waals surface area contributed by atoms with Gasteiger partial charge in [0.05, 0.1) is 11.3 Å². The molecule has 1 aromatic heterocycles. The molecule has 0 aliphatic rings. The number of hydrogen-bond donors (Lipinski definition) is 2. The van der Waals surface area contributed by atoms with Crippen molar-refractivity contribution in [3.05, 3.63) is 51.8 Å². The Morgan fingerprint density at radius 3 is 2.39 bits per heavy atom. The lowest BCUT2D eigenvalue weighted by molar-refractivity contribution is 0.996. The maximum Gasteiger partial charge on any atom is 0.280 e. The van der Waals surface area contributed by atoms with Crippen LogP contribution in [0.2, 0.25) is 0 Å². The number of nitrogen functional groups attached to an aromatic ring is 2. The molecule has 0 amide bonds. The summed E-state index contributed by atoms with van der Waals surface area (Å²) in [6.45, 7) is 1.61. The summed E-state index contributed by atoms with van der Waals surface area (Å²) in [4.78, 5) is 12.1. The van der Waals surface area contributed by atoms with Gasteiger partial charge in [0.1, 0.15) is 17.6 Å². The van der Waals surface area contributed by atoms with Crippen LogP contribution in [0.4, 0.5) is 11.5 Å². The molecule has 1 aromatic carbocycles. The molecule has 0 aliphatic carbocycles. The number of aromatic nitrogens is 1. The fraction of sp³-hybridized carbons (Fsp3) is 0.0769. The van der Waals surface area contributed by atoms with Gasteiger partial charge in [0, 0.05) is 0 Å². The number of rotatable bonds is 1. The molecule has 90 valence electrons. The number of pyridine rings is 1. The van der Waals surface area contributed by atoms with Crippen LogP contribution in [0.3, 0.4) is 0 Å². The van der Waals surface area contributed by atoms with Crippen molar-refractivity contribution < 1.29 is 0 Å². The van der Waals surface area contributed by atoms with Gasteiger partial charge in [-0.15, -0.1) is 0 Å². The van der Waals surface area contributed by atoms with E-state index in [2.05, 4.69) is 0 Å². The molecule has 0 atom stereocenters. The molecule has 0 radical (unpaired) electrons. The lowest BCUT2D eigenvalue weighted by Crippen LogP contribution is -2.26. The summed E-state index contributed by atoms with van der Waals surface area (Å²) in [5, 5.41) is 9.09. The largest absolute Gasteiger partial charge is 0.394 e. The highest BCUT2D eigenvalue weighted by molar-refractivity contribution is 5.65. The maximum atomic E-state index is 12.1. The molecular weight excluding hydrogens is 228 g/mol. The smallest absolute Gasteiger partial charge is 0.280 e. The van der Waals surface area contributed by atoms with E-state index in [1.54, 1.807) is 31.2 Å². The SMILES string of the molecule is Cc1c(C#N)c(N)n(-c2ccccc2)c(=O)c1N. The second-order valence-electron chi connectivity index (χ2n) is 3.89. The Balaban J connectivity index is 2.90. The number of nitrogens with zero attached hydrogens (tertiary/aromatic N) is 2. The summed E-state index contributed by atoms with van der Waals surface area (Å²) >= 11 is 0. The van der Waals surface area contributed by atoms with Gasteiger partial charge in [-0.05, 0) is 24.6 Å². The summed E-state index contributed by atoms with van der Waals surface area (Å²) < 4.78 is 1.25. The van der Waals surface area contributed by atoms with E-state index in [0.29, 0.717) is 11.3 Å². The first kappa shape index (κ1) is 11.7. The molecule has 0 spiro atoms. The Kier molecular flexibility index (Phi) is 2.78. The van der Waals surface area contributed by atoms with E-state index in [1.807, 2.05) is 12.1 Å². The van der Waals surface area contributed by atoms with Gasteiger partial charge in [-0.25, -0.2) is 0 Å². The molecular formula is C13H12N4O. The minimum Gasteiger partial charge on any atom is -0.394 e. The quantitative estimate of drug-likeness (QED) is 0.782. The predicted molar refractivity (Wildman–Crippen MR) is 70.3 cm³/mol. The fourth-order valence-electron chi connectivity index (χ4n) is 1.80. The van der Waals surface area contributed by atoms with E-state index in [-0.39, 0.29) is 17.1 Å². The van der Waals surface area contributed by atoms with Crippen molar-refractivity contribution in [2.75, 3.05) is 11.5 Å². The Hall–Kier alpha value is -2.74. The van der Waals surface area contributed by atoms with Gasteiger partial charge in [-0.1, -0.05) is 18.2 Å². The van der Waals surface area contributed by atoms with Gasteiger partial charge in [0.15, 0.2) is 0 Å². The molecule has 0 unspecified atom stereocenters. The van der Waals surface area contributed by atoms with E-state index < -0.39 is 5.56 Å². The number of para-hydroxylation sites is 1. The Morgan fingerprint density at radius 2 is 1.83 bits per heavy atom. The lowest BCUT2D eigenvalue weighted by atomic mass is 10.1. The van der Waals surface area contributed by atoms with Crippen LogP contribution in [-0.4, -0.2) is 4.57 Å². The number of anilines is 2. The summed E-state index contributed by atoms with van der Waals surface area (Å²) in [6.07, 6.45) is 0. The highest BCUT2D eigenvalue weighted by Crippen LogP contribution is 2.21. The predicted octanol–water partition coefficient (Wildman–Crippen LogP) is 1.18. The first-order valence-corrected chi connectivity index (χ1v) is 5.34. The Labute approximate surface area is 104 Å². The molecule has 4 N–H and O–H groups in total. The number of nitrogens with two attached hydrogens (primary N) is 2. The van der Waals surface area contributed by atoms with Crippen molar-refractivity contribution in [1.29, 1.82) is 5.26 Å². The first-order valence-electron chi connectivity index (χ1n) is 5.34. The van der Waals surface area contributed by atoms with E-state index in [4.69, 9.17) is 16.7 Å². The van der Waals surface area contributed by atoms with Crippen molar-refractivity contribution in [3.63, 3.8) is 0 Å². The van der Waals surface area contributed by atoms with Crippen LogP contribution in [-0.2, 0) is 0 Å². The van der Waals surface area contributed by atoms with E-state index >= 15 is 0 Å². The number of nitriles is 1. The molecule has 18 heavy (non-hydrogen) atoms. The zero-order valence-electron chi connectivity index (χ0n) is 9.84. The van der Waals surface area contributed by atoms with Crippen LogP contribution in [0, 0.1) is 18.3 Å². The molecule has 5 nitrogen and oxygen atoms in total. The summed E-state index contributed by atoms with van der Waals surface area (Å²) in [7, 11) is 0. The molecule has 0 aliphatic heterocycles. The lowest BCUT2D eigenvalue weighted by Gasteiger charge is -2.14. The van der Waals surface area contributed by atoms with Crippen LogP contribution in [0.15, 0.2) is 35.1 Å². The van der Waals surface area contributed by atoms with Crippen LogP contribution in [0.5, 0.6) is 0 Å². The third kappa shape index (κ3) is 1.60. The zero-order valence-corrected chi connectivity index (χ0v) is 9.84. The highest BCUT2D eigenvalue weighted by Gasteiger charge is 2.16. The van der Waals surface area contributed by atoms with E-state index in [1.165, 1.54) is 4.57 Å². The minimum absolute atomic E-state index is 0.0459. The topological polar surface area (TPSA) is 97.8 Å². The Morgan fingerprint density at radius 1 is 1.22 bits per heavy atom. The van der Waals surface area contributed by atoms with Crippen molar-refractivity contribution in [2.24, 2.45) is 0 Å². The normalized spacial score (nSPS) is 10.0. The van der Waals surface area contributed by atoms with Crippen LogP contribution < -0.4 is 17.0 Å². The molecule has 0 saturated heterocycles. The van der Waals surface area contributed by atoms with Gasteiger partial charge in [0.2, 0.25) is 0 Å². The van der Waals surface area contributed by atoms with Crippen molar-refractivity contribution in [2.45, 2.75) is 6.92 Å². The Bertz CT molecular complexity index is 696. The van der Waals surface area contributed by atoms with Gasteiger partial charge in [-0.3, -0.25) is 9.36 Å². The summed E-state index contributed by atoms with van der Waals surface area (Å²) in [5.74, 6) is 0.111. The highest BCUT2D eigenvalue weighted by atomic mass is 16.1. The van der Waals surface area contributed by atoms with Crippen molar-refractivity contribution in [1.82, 2.24) is 4.57 Å². The average Bonchev–Trinajstić information content (AvgIpc) is 2.38. The van der Waals surface area contributed by atoms with Crippen LogP contribution >= 0.6 is 0 Å². The maximum absolute atomic E-state index is 12.1. The summed E-state index contributed by atoms with van der Waals surface area (Å²) in [5.41, 5.74) is 12.5. The van der Waals surface area contributed by atoms with E-state index in [0.717, 1.165) is 0 Å². The zero-order chi connectivity index (χ0) is 13.3. The molecule has 0 fully saturated rings. The summed E-state index contributed by atoms with van der Waals surface area (Å²) in [6, 6.07) is 10.8. The molecule has 2 aromatic rings. The third-order valence-electron chi connectivity index (χ3n) is 2.84. The molecule has 0 bridgehead atoms. The fourth-order valence-corrected chi connectivity index (χ4v) is 1.80. The van der Waals surface area contributed by atoms with Crippen molar-refractivity contribution in [3.8, 4) is 11.8 Å². The monoisotopic (exact) mass is 240 g/mol. The van der Waals surface area contributed by atoms with Gasteiger partial charge >= 0.3 is 0 Å². The molecule has 1 heterocycles. The number of hydrogen-bond acceptors (Lipinski definition) is 4. The second-order valence-corrected chi connectivity index (χ2v) is 3.89. The van der Waals surface area contributed by atoms with Gasteiger partial charge in [0.25, 0.3) is 5.56 Å². The van der Waals surface area contributed by atoms with Crippen LogP contribution in [0.25, 0.3) is 5.69 Å². The second kappa shape index (κ2) is 4.26. The molecule has 5 heteroatoms. The van der Waals surface area contributed by atoms with Crippen molar-refractivity contribution >= 4 is 11.5 Å². The standard InChI is InChI=1S/C13H12N4O/c1-8-10(7-14)12(16)17(13(18)11(8)15)9-5-3-2-4-6-9/h2-6H,15-16H2,1H3. The van der Waals surface area contributed by atoms with E-state index in [9.17, 15) is 4.79 Å². The average molecular weight is 240 g/mol. The molecule has 0 saturated carbocycles. The van der Waals surface area contributed by atoms with Crippen LogP contribution in [0.1, 0.15) is 11.1 Å². The third-order valence-corrected chi connectivity index (χ3v) is 2.84. The molecule has 2 rings (SSSR count). The van der Waals surface area contributed by atoms with Gasteiger partial charge < -0.3 is 11.5 Å². The number of benzene rings is 1.